The number of nitrogens with one attached hydrogen (secondary N) is 1. The van der Waals surface area contributed by atoms with E-state index in [0.29, 0.717) is 36.2 Å². The van der Waals surface area contributed by atoms with Gasteiger partial charge in [-0.25, -0.2) is 9.67 Å². The van der Waals surface area contributed by atoms with Crippen molar-refractivity contribution in [3.63, 3.8) is 0 Å². The minimum Gasteiger partial charge on any atom is -0.381 e. The number of aromatic nitrogens is 6. The predicted octanol–water partition coefficient (Wildman–Crippen LogP) is 2.17. The van der Waals surface area contributed by atoms with Gasteiger partial charge in [-0.05, 0) is 38.5 Å². The van der Waals surface area contributed by atoms with Crippen LogP contribution >= 0.6 is 0 Å². The van der Waals surface area contributed by atoms with Gasteiger partial charge in [-0.3, -0.25) is 9.48 Å². The minimum atomic E-state index is -0.342. The Labute approximate surface area is 178 Å². The molecule has 3 aromatic heterocycles. The number of nitriles is 2. The number of nitrogens with zero attached hydrogens (tertiary/aromatic N) is 7. The summed E-state index contributed by atoms with van der Waals surface area (Å²) in [7, 11) is 0. The Bertz CT molecular complexity index is 1270. The second kappa shape index (κ2) is 7.64. The zero-order valence-corrected chi connectivity index (χ0v) is 17.2. The van der Waals surface area contributed by atoms with Gasteiger partial charge in [0.25, 0.3) is 5.56 Å². The van der Waals surface area contributed by atoms with E-state index >= 15 is 0 Å². The third kappa shape index (κ3) is 3.20. The van der Waals surface area contributed by atoms with E-state index in [0.717, 1.165) is 25.7 Å². The lowest BCUT2D eigenvalue weighted by Crippen LogP contribution is -2.31. The van der Waals surface area contributed by atoms with Crippen molar-refractivity contribution in [2.45, 2.75) is 50.6 Å². The zero-order valence-electron chi connectivity index (χ0n) is 17.2. The number of fused-ring (bicyclic) bond motifs is 1. The topological polar surface area (TPSA) is 138 Å². The molecule has 5 rings (SSSR count). The Morgan fingerprint density at radius 1 is 1.23 bits per heavy atom. The Balaban J connectivity index is 1.55. The predicted molar refractivity (Wildman–Crippen MR) is 109 cm³/mol. The standard InChI is InChI=1S/C21H22N8O2/c1-12(14-4-6-31-7-5-14)29-20-18(16(9-23)27-29)21(30)26-19(25-20)15-2-3-17(15)28-11-13(8-22)10-24-28/h10-12,14-15,17H,2-7H2,1H3,(H,25,26,30)/t12-,15-,17-/m1/s1. The van der Waals surface area contributed by atoms with Gasteiger partial charge in [0.05, 0.1) is 23.8 Å². The number of ether oxygens (including phenoxy) is 1. The van der Waals surface area contributed by atoms with Crippen LogP contribution in [-0.2, 0) is 4.74 Å². The van der Waals surface area contributed by atoms with Crippen molar-refractivity contribution < 1.29 is 4.74 Å². The summed E-state index contributed by atoms with van der Waals surface area (Å²) in [6.45, 7) is 3.47. The molecule has 1 aliphatic heterocycles. The highest BCUT2D eigenvalue weighted by Crippen LogP contribution is 2.44. The van der Waals surface area contributed by atoms with Crippen molar-refractivity contribution >= 4 is 11.0 Å². The van der Waals surface area contributed by atoms with Crippen LogP contribution in [0.4, 0.5) is 0 Å². The summed E-state index contributed by atoms with van der Waals surface area (Å²) in [5.74, 6) is 0.904. The van der Waals surface area contributed by atoms with Gasteiger partial charge in [0.1, 0.15) is 23.3 Å². The summed E-state index contributed by atoms with van der Waals surface area (Å²) >= 11 is 0. The molecule has 0 radical (unpaired) electrons. The van der Waals surface area contributed by atoms with Crippen molar-refractivity contribution in [3.05, 3.63) is 39.8 Å². The van der Waals surface area contributed by atoms with Crippen molar-refractivity contribution in [2.24, 2.45) is 5.92 Å². The van der Waals surface area contributed by atoms with E-state index in [-0.39, 0.29) is 34.6 Å². The molecule has 10 heteroatoms. The molecule has 158 valence electrons. The number of aromatic amines is 1. The van der Waals surface area contributed by atoms with E-state index < -0.39 is 0 Å². The summed E-state index contributed by atoms with van der Waals surface area (Å²) in [5, 5.41) is 27.6. The molecule has 0 unspecified atom stereocenters. The number of hydrogen-bond acceptors (Lipinski definition) is 7. The maximum absolute atomic E-state index is 12.9. The van der Waals surface area contributed by atoms with E-state index in [9.17, 15) is 10.1 Å². The summed E-state index contributed by atoms with van der Waals surface area (Å²) < 4.78 is 9.00. The molecule has 1 saturated heterocycles. The van der Waals surface area contributed by atoms with Gasteiger partial charge in [0.2, 0.25) is 0 Å². The quantitative estimate of drug-likeness (QED) is 0.685. The fourth-order valence-corrected chi connectivity index (χ4v) is 4.69. The Kier molecular flexibility index (Phi) is 4.79. The first-order valence-electron chi connectivity index (χ1n) is 10.5. The molecular weight excluding hydrogens is 396 g/mol. The van der Waals surface area contributed by atoms with Gasteiger partial charge < -0.3 is 9.72 Å². The lowest BCUT2D eigenvalue weighted by atomic mass is 9.79. The second-order valence-electron chi connectivity index (χ2n) is 8.32. The van der Waals surface area contributed by atoms with Gasteiger partial charge in [0, 0.05) is 25.3 Å². The Morgan fingerprint density at radius 2 is 2.03 bits per heavy atom. The Hall–Kier alpha value is -3.50. The van der Waals surface area contributed by atoms with Crippen LogP contribution in [0.15, 0.2) is 17.2 Å². The third-order valence-corrected chi connectivity index (χ3v) is 6.68. The highest BCUT2D eigenvalue weighted by molar-refractivity contribution is 5.80. The first-order valence-corrected chi connectivity index (χ1v) is 10.5. The van der Waals surface area contributed by atoms with Gasteiger partial charge in [0.15, 0.2) is 11.3 Å². The van der Waals surface area contributed by atoms with E-state index in [1.54, 1.807) is 21.8 Å². The zero-order chi connectivity index (χ0) is 21.5. The number of hydrogen-bond donors (Lipinski definition) is 1. The molecule has 10 nitrogen and oxygen atoms in total. The molecule has 3 atom stereocenters. The summed E-state index contributed by atoms with van der Waals surface area (Å²) in [4.78, 5) is 20.6. The average molecular weight is 418 g/mol. The van der Waals surface area contributed by atoms with Crippen LogP contribution in [0.5, 0.6) is 0 Å². The second-order valence-corrected chi connectivity index (χ2v) is 8.32. The normalized spacial score (nSPS) is 22.5. The summed E-state index contributed by atoms with van der Waals surface area (Å²) in [6, 6.07) is 4.17. The van der Waals surface area contributed by atoms with E-state index in [4.69, 9.17) is 15.0 Å². The number of rotatable bonds is 4. The summed E-state index contributed by atoms with van der Waals surface area (Å²) in [5.41, 5.74) is 0.721. The van der Waals surface area contributed by atoms with Crippen LogP contribution in [-0.4, -0.2) is 42.7 Å². The van der Waals surface area contributed by atoms with Crippen LogP contribution in [0.2, 0.25) is 0 Å². The molecule has 0 amide bonds. The van der Waals surface area contributed by atoms with Crippen molar-refractivity contribution in [3.8, 4) is 12.1 Å². The van der Waals surface area contributed by atoms with Crippen LogP contribution < -0.4 is 5.56 Å². The average Bonchev–Trinajstić information content (AvgIpc) is 3.38. The molecule has 0 bridgehead atoms. The first kappa shape index (κ1) is 19.5. The smallest absolute Gasteiger partial charge is 0.263 e. The first-order chi connectivity index (χ1) is 15.1. The molecule has 0 spiro atoms. The lowest BCUT2D eigenvalue weighted by Gasteiger charge is -2.35. The lowest BCUT2D eigenvalue weighted by molar-refractivity contribution is 0.0501. The molecule has 1 aliphatic carbocycles. The minimum absolute atomic E-state index is 0.00265. The van der Waals surface area contributed by atoms with Crippen molar-refractivity contribution in [1.29, 1.82) is 10.5 Å². The molecule has 2 aliphatic rings. The van der Waals surface area contributed by atoms with Crippen LogP contribution in [0.3, 0.4) is 0 Å². The fourth-order valence-electron chi connectivity index (χ4n) is 4.69. The van der Waals surface area contributed by atoms with Crippen LogP contribution in [0, 0.1) is 28.6 Å². The third-order valence-electron chi connectivity index (χ3n) is 6.68. The highest BCUT2D eigenvalue weighted by atomic mass is 16.5. The van der Waals surface area contributed by atoms with Crippen LogP contribution in [0.1, 0.15) is 67.7 Å². The largest absolute Gasteiger partial charge is 0.381 e. The fraction of sp³-hybridized carbons (Fsp3) is 0.524. The molecule has 31 heavy (non-hydrogen) atoms. The molecule has 4 heterocycles. The van der Waals surface area contributed by atoms with Crippen molar-refractivity contribution in [2.75, 3.05) is 13.2 Å². The number of H-pyrrole nitrogens is 1. The molecular formula is C21H22N8O2. The molecule has 2 fully saturated rings. The molecule has 0 aromatic carbocycles. The van der Waals surface area contributed by atoms with Gasteiger partial charge in [-0.2, -0.15) is 20.7 Å². The SMILES string of the molecule is C[C@H](C1CCOCC1)n1nc(C#N)c2c(=O)[nH]c([C@@H]3CC[C@H]3n3cc(C#N)cn3)nc21. The van der Waals surface area contributed by atoms with E-state index in [1.165, 1.54) is 0 Å². The highest BCUT2D eigenvalue weighted by Gasteiger charge is 2.37. The Morgan fingerprint density at radius 3 is 2.68 bits per heavy atom. The van der Waals surface area contributed by atoms with Crippen molar-refractivity contribution in [1.82, 2.24) is 29.5 Å². The monoisotopic (exact) mass is 418 g/mol. The maximum Gasteiger partial charge on any atom is 0.263 e. The summed E-state index contributed by atoms with van der Waals surface area (Å²) in [6.07, 6.45) is 6.82. The van der Waals surface area contributed by atoms with Gasteiger partial charge in [-0.15, -0.1) is 0 Å². The van der Waals surface area contributed by atoms with Gasteiger partial charge >= 0.3 is 0 Å². The molecule has 1 saturated carbocycles. The molecule has 1 N–H and O–H groups in total. The maximum atomic E-state index is 12.9. The van der Waals surface area contributed by atoms with E-state index in [2.05, 4.69) is 28.2 Å². The van der Waals surface area contributed by atoms with Gasteiger partial charge in [-0.1, -0.05) is 0 Å². The van der Waals surface area contributed by atoms with Crippen LogP contribution in [0.25, 0.3) is 11.0 Å². The molecule has 3 aromatic rings. The van der Waals surface area contributed by atoms with E-state index in [1.807, 2.05) is 6.07 Å².